The summed E-state index contributed by atoms with van der Waals surface area (Å²) in [6.07, 6.45) is 0.489. The van der Waals surface area contributed by atoms with Gasteiger partial charge in [0.25, 0.3) is 0 Å². The number of carbonyl (C=O) groups is 2. The molecule has 2 rings (SSSR count). The first-order valence-electron chi connectivity index (χ1n) is 8.04. The Morgan fingerprint density at radius 3 is 2.83 bits per heavy atom. The fraction of sp³-hybridized carbons (Fsp3) is 0.562. The maximum atomic E-state index is 11.8. The summed E-state index contributed by atoms with van der Waals surface area (Å²) in [5, 5.41) is 8.78. The molecule has 0 aromatic carbocycles. The van der Waals surface area contributed by atoms with Crippen molar-refractivity contribution in [3.05, 3.63) is 22.4 Å². The molecule has 1 aliphatic heterocycles. The SMILES string of the molecule is CC(CC(=O)NCCN1CCOCC1)=NNC(=O)Cc1cccs1. The van der Waals surface area contributed by atoms with Gasteiger partial charge in [0, 0.05) is 36.8 Å². The van der Waals surface area contributed by atoms with E-state index >= 15 is 0 Å². The van der Waals surface area contributed by atoms with Crippen LogP contribution in [0.1, 0.15) is 18.2 Å². The van der Waals surface area contributed by atoms with Gasteiger partial charge in [0.2, 0.25) is 11.8 Å². The van der Waals surface area contributed by atoms with E-state index in [0.29, 0.717) is 18.7 Å². The second-order valence-electron chi connectivity index (χ2n) is 5.62. The molecule has 1 saturated heterocycles. The Hall–Kier alpha value is -1.77. The summed E-state index contributed by atoms with van der Waals surface area (Å²) in [6.45, 7) is 6.49. The van der Waals surface area contributed by atoms with Gasteiger partial charge in [-0.15, -0.1) is 11.3 Å². The normalized spacial score (nSPS) is 16.0. The highest BCUT2D eigenvalue weighted by Crippen LogP contribution is 2.08. The van der Waals surface area contributed by atoms with Crippen LogP contribution in [0.5, 0.6) is 0 Å². The zero-order valence-electron chi connectivity index (χ0n) is 13.9. The van der Waals surface area contributed by atoms with Crippen molar-refractivity contribution in [1.29, 1.82) is 0 Å². The largest absolute Gasteiger partial charge is 0.379 e. The van der Waals surface area contributed by atoms with Crippen LogP contribution in [-0.2, 0) is 20.7 Å². The predicted octanol–water partition coefficient (Wildman–Crippen LogP) is 0.621. The maximum absolute atomic E-state index is 11.8. The van der Waals surface area contributed by atoms with Gasteiger partial charge in [-0.3, -0.25) is 14.5 Å². The number of carbonyl (C=O) groups excluding carboxylic acids is 2. The van der Waals surface area contributed by atoms with Crippen molar-refractivity contribution in [3.8, 4) is 0 Å². The predicted molar refractivity (Wildman–Crippen MR) is 94.2 cm³/mol. The van der Waals surface area contributed by atoms with Crippen LogP contribution >= 0.6 is 11.3 Å². The summed E-state index contributed by atoms with van der Waals surface area (Å²) in [6, 6.07) is 3.81. The van der Waals surface area contributed by atoms with E-state index in [4.69, 9.17) is 4.74 Å². The lowest BCUT2D eigenvalue weighted by molar-refractivity contribution is -0.121. The van der Waals surface area contributed by atoms with Gasteiger partial charge >= 0.3 is 0 Å². The average molecular weight is 352 g/mol. The number of morpholine rings is 1. The number of thiophene rings is 1. The van der Waals surface area contributed by atoms with Gasteiger partial charge in [0.1, 0.15) is 0 Å². The van der Waals surface area contributed by atoms with Crippen molar-refractivity contribution >= 4 is 28.9 Å². The molecular formula is C16H24N4O3S. The highest BCUT2D eigenvalue weighted by molar-refractivity contribution is 7.10. The summed E-state index contributed by atoms with van der Waals surface area (Å²) >= 11 is 1.53. The van der Waals surface area contributed by atoms with Gasteiger partial charge in [-0.05, 0) is 18.4 Å². The number of nitrogens with zero attached hydrogens (tertiary/aromatic N) is 2. The van der Waals surface area contributed by atoms with E-state index in [9.17, 15) is 9.59 Å². The summed E-state index contributed by atoms with van der Waals surface area (Å²) in [4.78, 5) is 26.8. The first kappa shape index (κ1) is 18.6. The van der Waals surface area contributed by atoms with E-state index in [-0.39, 0.29) is 18.2 Å². The molecule has 1 fully saturated rings. The summed E-state index contributed by atoms with van der Waals surface area (Å²) < 4.78 is 5.28. The molecule has 8 heteroatoms. The zero-order valence-corrected chi connectivity index (χ0v) is 14.7. The van der Waals surface area contributed by atoms with Crippen LogP contribution in [-0.4, -0.2) is 61.8 Å². The smallest absolute Gasteiger partial charge is 0.245 e. The molecule has 2 N–H and O–H groups in total. The Labute approximate surface area is 146 Å². The van der Waals surface area contributed by atoms with Gasteiger partial charge < -0.3 is 10.1 Å². The highest BCUT2D eigenvalue weighted by Gasteiger charge is 2.10. The van der Waals surface area contributed by atoms with Gasteiger partial charge in [-0.2, -0.15) is 5.10 Å². The van der Waals surface area contributed by atoms with E-state index in [2.05, 4.69) is 20.7 Å². The number of hydrazone groups is 1. The lowest BCUT2D eigenvalue weighted by atomic mass is 10.3. The monoisotopic (exact) mass is 352 g/mol. The van der Waals surface area contributed by atoms with Crippen molar-refractivity contribution in [3.63, 3.8) is 0 Å². The van der Waals surface area contributed by atoms with Crippen LogP contribution in [0.4, 0.5) is 0 Å². The van der Waals surface area contributed by atoms with Crippen molar-refractivity contribution in [2.75, 3.05) is 39.4 Å². The van der Waals surface area contributed by atoms with Gasteiger partial charge in [-0.1, -0.05) is 6.07 Å². The Balaban J connectivity index is 1.60. The topological polar surface area (TPSA) is 83.0 Å². The van der Waals surface area contributed by atoms with E-state index in [0.717, 1.165) is 37.7 Å². The first-order chi connectivity index (χ1) is 11.6. The van der Waals surface area contributed by atoms with Crippen molar-refractivity contribution in [1.82, 2.24) is 15.6 Å². The summed E-state index contributed by atoms with van der Waals surface area (Å²) in [5.41, 5.74) is 3.07. The third kappa shape index (κ3) is 7.20. The van der Waals surface area contributed by atoms with Crippen LogP contribution < -0.4 is 10.7 Å². The third-order valence-corrected chi connectivity index (χ3v) is 4.43. The molecule has 0 radical (unpaired) electrons. The van der Waals surface area contributed by atoms with Crippen LogP contribution in [0, 0.1) is 0 Å². The van der Waals surface area contributed by atoms with Crippen LogP contribution in [0.25, 0.3) is 0 Å². The maximum Gasteiger partial charge on any atom is 0.245 e. The Kier molecular flexibility index (Phi) is 7.87. The summed E-state index contributed by atoms with van der Waals surface area (Å²) in [5.74, 6) is -0.262. The van der Waals surface area contributed by atoms with E-state index in [1.165, 1.54) is 11.3 Å². The molecule has 0 atom stereocenters. The zero-order chi connectivity index (χ0) is 17.2. The second kappa shape index (κ2) is 10.2. The van der Waals surface area contributed by atoms with Crippen molar-refractivity contribution in [2.45, 2.75) is 19.8 Å². The molecule has 0 aliphatic carbocycles. The quantitative estimate of drug-likeness (QED) is 0.531. The number of rotatable bonds is 8. The molecule has 24 heavy (non-hydrogen) atoms. The van der Waals surface area contributed by atoms with Gasteiger partial charge in [-0.25, -0.2) is 5.43 Å². The molecule has 0 saturated carbocycles. The molecule has 0 bridgehead atoms. The van der Waals surface area contributed by atoms with E-state index in [1.54, 1.807) is 6.92 Å². The molecule has 0 unspecified atom stereocenters. The van der Waals surface area contributed by atoms with Gasteiger partial charge in [0.15, 0.2) is 0 Å². The number of ether oxygens (including phenoxy) is 1. The van der Waals surface area contributed by atoms with E-state index < -0.39 is 0 Å². The van der Waals surface area contributed by atoms with Crippen LogP contribution in [0.3, 0.4) is 0 Å². The lowest BCUT2D eigenvalue weighted by Crippen LogP contribution is -2.41. The molecule has 1 aromatic heterocycles. The number of hydrogen-bond donors (Lipinski definition) is 2. The molecule has 0 spiro atoms. The summed E-state index contributed by atoms with van der Waals surface area (Å²) in [7, 11) is 0. The minimum absolute atomic E-state index is 0.0861. The van der Waals surface area contributed by atoms with E-state index in [1.807, 2.05) is 17.5 Å². The van der Waals surface area contributed by atoms with Gasteiger partial charge in [0.05, 0.1) is 26.1 Å². The standard InChI is InChI=1S/C16H24N4O3S/c1-13(18-19-16(22)12-14-3-2-10-24-14)11-15(21)17-4-5-20-6-8-23-9-7-20/h2-3,10H,4-9,11-12H2,1H3,(H,17,21)(H,19,22). The molecule has 1 aromatic rings. The Morgan fingerprint density at radius 1 is 1.33 bits per heavy atom. The number of nitrogens with one attached hydrogen (secondary N) is 2. The lowest BCUT2D eigenvalue weighted by Gasteiger charge is -2.26. The molecular weight excluding hydrogens is 328 g/mol. The highest BCUT2D eigenvalue weighted by atomic mass is 32.1. The second-order valence-corrected chi connectivity index (χ2v) is 6.65. The third-order valence-electron chi connectivity index (χ3n) is 3.56. The van der Waals surface area contributed by atoms with Crippen molar-refractivity contribution in [2.24, 2.45) is 5.10 Å². The number of amides is 2. The fourth-order valence-electron chi connectivity index (χ4n) is 2.28. The average Bonchev–Trinajstić information content (AvgIpc) is 3.07. The Morgan fingerprint density at radius 2 is 2.12 bits per heavy atom. The minimum Gasteiger partial charge on any atom is -0.379 e. The molecule has 2 heterocycles. The minimum atomic E-state index is -0.176. The molecule has 7 nitrogen and oxygen atoms in total. The first-order valence-corrected chi connectivity index (χ1v) is 8.92. The van der Waals surface area contributed by atoms with Crippen molar-refractivity contribution < 1.29 is 14.3 Å². The molecule has 132 valence electrons. The Bertz CT molecular complexity index is 554. The number of hydrogen-bond acceptors (Lipinski definition) is 6. The molecule has 1 aliphatic rings. The fourth-order valence-corrected chi connectivity index (χ4v) is 2.98. The van der Waals surface area contributed by atoms with Crippen LogP contribution in [0.15, 0.2) is 22.6 Å². The molecule has 2 amide bonds. The van der Waals surface area contributed by atoms with Crippen LogP contribution in [0.2, 0.25) is 0 Å².